The monoisotopic (exact) mass is 408 g/mol. The van der Waals surface area contributed by atoms with E-state index in [0.29, 0.717) is 13.1 Å². The van der Waals surface area contributed by atoms with Crippen LogP contribution in [0.4, 0.5) is 5.69 Å². The van der Waals surface area contributed by atoms with E-state index in [4.69, 9.17) is 4.74 Å². The van der Waals surface area contributed by atoms with Gasteiger partial charge in [-0.2, -0.15) is 0 Å². The fourth-order valence-corrected chi connectivity index (χ4v) is 4.08. The van der Waals surface area contributed by atoms with Crippen LogP contribution in [0.5, 0.6) is 5.75 Å². The molecular weight excluding hydrogens is 380 g/mol. The van der Waals surface area contributed by atoms with E-state index in [-0.39, 0.29) is 11.9 Å². The predicted molar refractivity (Wildman–Crippen MR) is 121 cm³/mol. The van der Waals surface area contributed by atoms with Crippen molar-refractivity contribution in [3.8, 4) is 5.75 Å². The Kier molecular flexibility index (Phi) is 7.44. The van der Waals surface area contributed by atoms with Gasteiger partial charge in [-0.1, -0.05) is 36.4 Å². The SMILES string of the molecule is COc1ccc(CN(CC(=O)N(C)c2ccccc2)C(C)Cc2cccs2)cc1. The number of amides is 1. The lowest BCUT2D eigenvalue weighted by atomic mass is 10.1. The number of thiophene rings is 1. The first-order valence-electron chi connectivity index (χ1n) is 9.78. The second-order valence-corrected chi connectivity index (χ2v) is 8.21. The molecule has 152 valence electrons. The molecule has 0 fully saturated rings. The van der Waals surface area contributed by atoms with Gasteiger partial charge in [0, 0.05) is 30.2 Å². The first-order valence-corrected chi connectivity index (χ1v) is 10.7. The summed E-state index contributed by atoms with van der Waals surface area (Å²) in [6.45, 7) is 3.27. The minimum atomic E-state index is 0.0859. The average Bonchev–Trinajstić information content (AvgIpc) is 3.26. The number of carbonyl (C=O) groups excluding carboxylic acids is 1. The van der Waals surface area contributed by atoms with Crippen molar-refractivity contribution >= 4 is 22.9 Å². The highest BCUT2D eigenvalue weighted by atomic mass is 32.1. The molecule has 0 spiro atoms. The summed E-state index contributed by atoms with van der Waals surface area (Å²) in [5, 5.41) is 2.10. The van der Waals surface area contributed by atoms with E-state index >= 15 is 0 Å². The van der Waals surface area contributed by atoms with Gasteiger partial charge in [-0.15, -0.1) is 11.3 Å². The van der Waals surface area contributed by atoms with Gasteiger partial charge in [0.15, 0.2) is 0 Å². The van der Waals surface area contributed by atoms with Crippen molar-refractivity contribution in [3.05, 3.63) is 82.6 Å². The first kappa shape index (κ1) is 21.1. The van der Waals surface area contributed by atoms with Gasteiger partial charge in [-0.3, -0.25) is 9.69 Å². The van der Waals surface area contributed by atoms with Crippen LogP contribution >= 0.6 is 11.3 Å². The van der Waals surface area contributed by atoms with E-state index in [1.807, 2.05) is 49.5 Å². The lowest BCUT2D eigenvalue weighted by Gasteiger charge is -2.30. The fourth-order valence-electron chi connectivity index (χ4n) is 3.26. The highest BCUT2D eigenvalue weighted by Gasteiger charge is 2.21. The van der Waals surface area contributed by atoms with Crippen LogP contribution < -0.4 is 9.64 Å². The van der Waals surface area contributed by atoms with Crippen molar-refractivity contribution in [2.24, 2.45) is 0 Å². The van der Waals surface area contributed by atoms with Crippen LogP contribution in [0.15, 0.2) is 72.1 Å². The molecule has 1 amide bonds. The maximum atomic E-state index is 13.0. The molecule has 3 rings (SSSR count). The molecule has 0 radical (unpaired) electrons. The maximum Gasteiger partial charge on any atom is 0.240 e. The smallest absolute Gasteiger partial charge is 0.240 e. The van der Waals surface area contributed by atoms with Gasteiger partial charge in [-0.05, 0) is 54.6 Å². The Morgan fingerprint density at radius 3 is 2.38 bits per heavy atom. The number of likely N-dealkylation sites (N-methyl/N-ethyl adjacent to an activating group) is 1. The van der Waals surface area contributed by atoms with Crippen molar-refractivity contribution < 1.29 is 9.53 Å². The molecule has 1 heterocycles. The summed E-state index contributed by atoms with van der Waals surface area (Å²) in [5.74, 6) is 0.926. The van der Waals surface area contributed by atoms with Gasteiger partial charge in [0.2, 0.25) is 5.91 Å². The number of nitrogens with zero attached hydrogens (tertiary/aromatic N) is 2. The fraction of sp³-hybridized carbons (Fsp3) is 0.292. The molecule has 3 aromatic rings. The third kappa shape index (κ3) is 5.92. The third-order valence-corrected chi connectivity index (χ3v) is 6.00. The van der Waals surface area contributed by atoms with Gasteiger partial charge < -0.3 is 9.64 Å². The Balaban J connectivity index is 1.74. The topological polar surface area (TPSA) is 32.8 Å². The van der Waals surface area contributed by atoms with Gasteiger partial charge in [-0.25, -0.2) is 0 Å². The zero-order valence-electron chi connectivity index (χ0n) is 17.2. The number of para-hydroxylation sites is 1. The minimum absolute atomic E-state index is 0.0859. The zero-order chi connectivity index (χ0) is 20.6. The molecule has 0 saturated carbocycles. The number of carbonyl (C=O) groups is 1. The molecule has 0 aliphatic heterocycles. The lowest BCUT2D eigenvalue weighted by molar-refractivity contribution is -0.120. The van der Waals surface area contributed by atoms with Crippen LogP contribution in [0.3, 0.4) is 0 Å². The Morgan fingerprint density at radius 2 is 1.76 bits per heavy atom. The van der Waals surface area contributed by atoms with Gasteiger partial charge in [0.25, 0.3) is 0 Å². The Labute approximate surface area is 177 Å². The molecule has 0 N–H and O–H groups in total. The lowest BCUT2D eigenvalue weighted by Crippen LogP contribution is -2.43. The van der Waals surface area contributed by atoms with Crippen LogP contribution in [0.2, 0.25) is 0 Å². The summed E-state index contributed by atoms with van der Waals surface area (Å²) >= 11 is 1.76. The van der Waals surface area contributed by atoms with Crippen LogP contribution in [-0.4, -0.2) is 37.6 Å². The summed E-state index contributed by atoms with van der Waals surface area (Å²) in [6, 6.07) is 22.3. The molecule has 0 bridgehead atoms. The summed E-state index contributed by atoms with van der Waals surface area (Å²) in [5.41, 5.74) is 2.08. The maximum absolute atomic E-state index is 13.0. The molecule has 0 aliphatic rings. The second-order valence-electron chi connectivity index (χ2n) is 7.17. The number of anilines is 1. The van der Waals surface area contributed by atoms with Crippen molar-refractivity contribution in [1.29, 1.82) is 0 Å². The van der Waals surface area contributed by atoms with E-state index in [2.05, 4.69) is 41.5 Å². The molecule has 2 aromatic carbocycles. The van der Waals surface area contributed by atoms with Gasteiger partial charge in [0.1, 0.15) is 5.75 Å². The quantitative estimate of drug-likeness (QED) is 0.507. The van der Waals surface area contributed by atoms with Crippen molar-refractivity contribution in [2.45, 2.75) is 25.9 Å². The third-order valence-electron chi connectivity index (χ3n) is 5.10. The number of methoxy groups -OCH3 is 1. The Hall–Kier alpha value is -2.63. The zero-order valence-corrected chi connectivity index (χ0v) is 18.1. The summed E-state index contributed by atoms with van der Waals surface area (Å²) in [6.07, 6.45) is 0.927. The molecule has 4 nitrogen and oxygen atoms in total. The number of hydrogen-bond donors (Lipinski definition) is 0. The number of ether oxygens (including phenoxy) is 1. The van der Waals surface area contributed by atoms with E-state index in [1.54, 1.807) is 23.3 Å². The van der Waals surface area contributed by atoms with Gasteiger partial charge >= 0.3 is 0 Å². The van der Waals surface area contributed by atoms with Crippen LogP contribution in [0.1, 0.15) is 17.4 Å². The highest BCUT2D eigenvalue weighted by molar-refractivity contribution is 7.09. The van der Waals surface area contributed by atoms with Gasteiger partial charge in [0.05, 0.1) is 13.7 Å². The Bertz CT molecular complexity index is 879. The molecule has 29 heavy (non-hydrogen) atoms. The van der Waals surface area contributed by atoms with Crippen LogP contribution in [0.25, 0.3) is 0 Å². The van der Waals surface area contributed by atoms with Crippen molar-refractivity contribution in [1.82, 2.24) is 4.90 Å². The van der Waals surface area contributed by atoms with Crippen molar-refractivity contribution in [2.75, 3.05) is 25.6 Å². The number of rotatable bonds is 9. The summed E-state index contributed by atoms with van der Waals surface area (Å²) in [4.78, 5) is 18.3. The molecule has 1 atom stereocenters. The predicted octanol–water partition coefficient (Wildman–Crippen LogP) is 4.85. The molecule has 1 aromatic heterocycles. The van der Waals surface area contributed by atoms with E-state index in [1.165, 1.54) is 10.4 Å². The molecule has 0 saturated heterocycles. The minimum Gasteiger partial charge on any atom is -0.497 e. The second kappa shape index (κ2) is 10.2. The average molecular weight is 409 g/mol. The first-order chi connectivity index (χ1) is 14.1. The van der Waals surface area contributed by atoms with E-state index in [0.717, 1.165) is 17.9 Å². The summed E-state index contributed by atoms with van der Waals surface area (Å²) < 4.78 is 5.26. The number of benzene rings is 2. The molecule has 0 aliphatic carbocycles. The van der Waals surface area contributed by atoms with Crippen LogP contribution in [0, 0.1) is 0 Å². The molecule has 1 unspecified atom stereocenters. The largest absolute Gasteiger partial charge is 0.497 e. The van der Waals surface area contributed by atoms with Crippen LogP contribution in [-0.2, 0) is 17.8 Å². The van der Waals surface area contributed by atoms with E-state index < -0.39 is 0 Å². The molecule has 5 heteroatoms. The van der Waals surface area contributed by atoms with Crippen molar-refractivity contribution in [3.63, 3.8) is 0 Å². The molecular formula is C24H28N2O2S. The Morgan fingerprint density at radius 1 is 1.03 bits per heavy atom. The number of hydrogen-bond acceptors (Lipinski definition) is 4. The normalized spacial score (nSPS) is 12.0. The standard InChI is InChI=1S/C24H28N2O2S/c1-19(16-23-10-7-15-29-23)26(17-20-11-13-22(28-3)14-12-20)18-24(27)25(2)21-8-5-4-6-9-21/h4-15,19H,16-18H2,1-3H3. The summed E-state index contributed by atoms with van der Waals surface area (Å²) in [7, 11) is 3.51. The van der Waals surface area contributed by atoms with E-state index in [9.17, 15) is 4.79 Å². The highest BCUT2D eigenvalue weighted by Crippen LogP contribution is 2.19.